The van der Waals surface area contributed by atoms with E-state index in [0.29, 0.717) is 27.1 Å². The Balaban J connectivity index is 0.000000189. The van der Waals surface area contributed by atoms with Gasteiger partial charge in [0, 0.05) is 20.8 Å². The number of fused-ring (bicyclic) bond motifs is 2. The maximum atomic E-state index is 12.8. The maximum Gasteiger partial charge on any atom is 0.263 e. The first kappa shape index (κ1) is 46.5. The van der Waals surface area contributed by atoms with E-state index in [-0.39, 0.29) is 62.8 Å². The van der Waals surface area contributed by atoms with Gasteiger partial charge in [0.1, 0.15) is 21.3 Å². The Labute approximate surface area is 401 Å². The van der Waals surface area contributed by atoms with Gasteiger partial charge in [0.15, 0.2) is 11.5 Å². The van der Waals surface area contributed by atoms with Crippen LogP contribution < -0.4 is 18.9 Å². The van der Waals surface area contributed by atoms with E-state index >= 15 is 0 Å². The summed E-state index contributed by atoms with van der Waals surface area (Å²) >= 11 is 49.3. The first-order chi connectivity index (χ1) is 29.9. The molecule has 8 aromatic rings. The van der Waals surface area contributed by atoms with Crippen molar-refractivity contribution >= 4 is 146 Å². The quantitative estimate of drug-likeness (QED) is 0.138. The highest BCUT2D eigenvalue weighted by Crippen LogP contribution is 2.42. The Bertz CT molecular complexity index is 3260. The predicted octanol–water partition coefficient (Wildman–Crippen LogP) is 15.2. The highest BCUT2D eigenvalue weighted by Gasteiger charge is 2.23. The zero-order valence-corrected chi connectivity index (χ0v) is 39.5. The molecule has 20 heteroatoms. The molecular weight excluding hydrogens is 1020 g/mol. The fourth-order valence-electron chi connectivity index (χ4n) is 5.83. The lowest BCUT2D eigenvalue weighted by molar-refractivity contribution is 0.481. The topological polar surface area (TPSA) is 137 Å². The number of hydrogen-bond donors (Lipinski definition) is 2. The summed E-state index contributed by atoms with van der Waals surface area (Å²) in [7, 11) is -8.02. The minimum atomic E-state index is -4.02. The van der Waals surface area contributed by atoms with Crippen molar-refractivity contribution in [2.24, 2.45) is 0 Å². The van der Waals surface area contributed by atoms with Gasteiger partial charge in [0.25, 0.3) is 20.0 Å². The van der Waals surface area contributed by atoms with E-state index in [1.165, 1.54) is 54.6 Å². The lowest BCUT2D eigenvalue weighted by atomic mass is 10.2. The average Bonchev–Trinajstić information content (AvgIpc) is 3.21. The smallest absolute Gasteiger partial charge is 0.263 e. The number of anilines is 2. The summed E-state index contributed by atoms with van der Waals surface area (Å²) in [6.07, 6.45) is 3.10. The molecule has 6 aromatic carbocycles. The van der Waals surface area contributed by atoms with Crippen molar-refractivity contribution in [3.05, 3.63) is 173 Å². The first-order valence-corrected chi connectivity index (χ1v) is 23.9. The van der Waals surface area contributed by atoms with Crippen molar-refractivity contribution in [2.45, 2.75) is 16.7 Å². The van der Waals surface area contributed by atoms with Gasteiger partial charge in [-0.15, -0.1) is 0 Å². The average molecular weight is 1040 g/mol. The van der Waals surface area contributed by atoms with Crippen LogP contribution in [-0.4, -0.2) is 26.8 Å². The molecule has 0 bridgehead atoms. The molecular formula is C43H26Cl8N4O6S2. The van der Waals surface area contributed by atoms with Crippen LogP contribution >= 0.6 is 92.8 Å². The molecule has 0 saturated carbocycles. The van der Waals surface area contributed by atoms with Gasteiger partial charge in [-0.2, -0.15) is 0 Å². The van der Waals surface area contributed by atoms with Crippen LogP contribution in [0.1, 0.15) is 5.56 Å². The molecule has 0 amide bonds. The summed E-state index contributed by atoms with van der Waals surface area (Å²) in [4.78, 5) is 8.41. The second kappa shape index (κ2) is 19.3. The van der Waals surface area contributed by atoms with Gasteiger partial charge < -0.3 is 9.47 Å². The second-order valence-electron chi connectivity index (χ2n) is 13.3. The number of halogens is 8. The number of aromatic nitrogens is 2. The first-order valence-electron chi connectivity index (χ1n) is 17.9. The Morgan fingerprint density at radius 2 is 0.889 bits per heavy atom. The molecule has 322 valence electrons. The normalized spacial score (nSPS) is 11.5. The van der Waals surface area contributed by atoms with Crippen molar-refractivity contribution < 1.29 is 26.3 Å². The highest BCUT2D eigenvalue weighted by atomic mass is 35.5. The van der Waals surface area contributed by atoms with E-state index in [9.17, 15) is 16.8 Å². The third-order valence-corrected chi connectivity index (χ3v) is 14.2. The number of para-hydroxylation sites is 2. The summed E-state index contributed by atoms with van der Waals surface area (Å²) in [5.41, 5.74) is 2.49. The zero-order chi connectivity index (χ0) is 45.2. The Hall–Kier alpha value is -4.44. The zero-order valence-electron chi connectivity index (χ0n) is 31.8. The number of benzene rings is 6. The van der Waals surface area contributed by atoms with Crippen LogP contribution in [-0.2, 0) is 20.0 Å². The van der Waals surface area contributed by atoms with E-state index in [2.05, 4.69) is 19.4 Å². The van der Waals surface area contributed by atoms with Gasteiger partial charge in [0.05, 0.1) is 64.9 Å². The number of aryl methyl sites for hydroxylation is 1. The molecule has 63 heavy (non-hydrogen) atoms. The van der Waals surface area contributed by atoms with Crippen LogP contribution in [0.15, 0.2) is 137 Å². The van der Waals surface area contributed by atoms with Gasteiger partial charge >= 0.3 is 0 Å². The largest absolute Gasteiger partial charge is 0.453 e. The van der Waals surface area contributed by atoms with Crippen LogP contribution in [0.5, 0.6) is 23.0 Å². The summed E-state index contributed by atoms with van der Waals surface area (Å²) in [5.74, 6) is 1.22. The molecule has 0 spiro atoms. The molecule has 2 N–H and O–H groups in total. The number of ether oxygens (including phenoxy) is 2. The summed E-state index contributed by atoms with van der Waals surface area (Å²) in [6, 6.07) is 31.1. The van der Waals surface area contributed by atoms with Gasteiger partial charge in [-0.1, -0.05) is 129 Å². The molecule has 0 fully saturated rings. The highest BCUT2D eigenvalue weighted by molar-refractivity contribution is 7.93. The molecule has 8 rings (SSSR count). The summed E-state index contributed by atoms with van der Waals surface area (Å²) < 4.78 is 67.5. The van der Waals surface area contributed by atoms with Crippen LogP contribution in [0.25, 0.3) is 21.8 Å². The van der Waals surface area contributed by atoms with Crippen LogP contribution in [0, 0.1) is 6.92 Å². The van der Waals surface area contributed by atoms with Crippen LogP contribution in [0.2, 0.25) is 40.2 Å². The number of sulfonamides is 2. The van der Waals surface area contributed by atoms with Gasteiger partial charge in [-0.3, -0.25) is 19.4 Å². The fourth-order valence-corrected chi connectivity index (χ4v) is 10.6. The molecule has 0 atom stereocenters. The van der Waals surface area contributed by atoms with Crippen molar-refractivity contribution in [1.82, 2.24) is 9.97 Å². The number of nitrogens with one attached hydrogen (secondary N) is 2. The van der Waals surface area contributed by atoms with Crippen molar-refractivity contribution in [3.8, 4) is 23.0 Å². The minimum Gasteiger partial charge on any atom is -0.453 e. The molecule has 0 aliphatic carbocycles. The van der Waals surface area contributed by atoms with E-state index in [4.69, 9.17) is 102 Å². The van der Waals surface area contributed by atoms with Crippen molar-refractivity contribution in [2.75, 3.05) is 9.44 Å². The van der Waals surface area contributed by atoms with Crippen molar-refractivity contribution in [1.29, 1.82) is 0 Å². The molecule has 0 radical (unpaired) electrons. The van der Waals surface area contributed by atoms with Gasteiger partial charge in [0.2, 0.25) is 0 Å². The van der Waals surface area contributed by atoms with E-state index in [1.54, 1.807) is 31.5 Å². The standard InChI is InChI=1S/C22H14Cl4N2O3S.C21H12Cl4N2O3S/c1-12-6-21(17(24)10-16(12)23)32(29,30)28-14-8-18(25)22(19(26)9-14)31-15-7-13-4-2-3-5-20(13)27-11-15;22-13-5-6-20(16(23)8-13)31(28,29)27-14-9-17(24)21(18(25)10-14)30-15-7-12-3-1-2-4-19(12)26-11-15/h2-11,28H,1H3;1-11,27H. The lowest BCUT2D eigenvalue weighted by Gasteiger charge is -2.14. The third kappa shape index (κ3) is 11.1. The Morgan fingerprint density at radius 3 is 1.35 bits per heavy atom. The predicted molar refractivity (Wildman–Crippen MR) is 256 cm³/mol. The lowest BCUT2D eigenvalue weighted by Crippen LogP contribution is -2.14. The Morgan fingerprint density at radius 1 is 0.460 bits per heavy atom. The minimum absolute atomic E-state index is 0.00551. The second-order valence-corrected chi connectivity index (χ2v) is 19.9. The summed E-state index contributed by atoms with van der Waals surface area (Å²) in [5, 5.41) is 2.89. The van der Waals surface area contributed by atoms with Crippen LogP contribution in [0.4, 0.5) is 11.4 Å². The molecule has 0 aliphatic rings. The molecule has 10 nitrogen and oxygen atoms in total. The van der Waals surface area contributed by atoms with Crippen LogP contribution in [0.3, 0.4) is 0 Å². The summed E-state index contributed by atoms with van der Waals surface area (Å²) in [6.45, 7) is 1.68. The number of nitrogens with zero attached hydrogens (tertiary/aromatic N) is 2. The van der Waals surface area contributed by atoms with E-state index in [0.717, 1.165) is 21.8 Å². The van der Waals surface area contributed by atoms with Crippen molar-refractivity contribution in [3.63, 3.8) is 0 Å². The molecule has 2 heterocycles. The SMILES string of the molecule is Cc1cc(S(=O)(=O)Nc2cc(Cl)c(Oc3cnc4ccccc4c3)c(Cl)c2)c(Cl)cc1Cl.O=S(=O)(Nc1cc(Cl)c(Oc2cnc3ccccc3c2)c(Cl)c1)c1ccc(Cl)cc1Cl. The van der Waals surface area contributed by atoms with Gasteiger partial charge in [-0.25, -0.2) is 16.8 Å². The van der Waals surface area contributed by atoms with Gasteiger partial charge in [-0.05, 0) is 91.3 Å². The van der Waals surface area contributed by atoms with E-state index in [1.807, 2.05) is 48.5 Å². The molecule has 2 aromatic heterocycles. The molecule has 0 unspecified atom stereocenters. The Kier molecular flexibility index (Phi) is 14.3. The maximum absolute atomic E-state index is 12.8. The number of rotatable bonds is 10. The van der Waals surface area contributed by atoms with E-state index < -0.39 is 20.0 Å². The number of pyridine rings is 2. The fraction of sp³-hybridized carbons (Fsp3) is 0.0233. The molecule has 0 aliphatic heterocycles. The monoisotopic (exact) mass is 1040 g/mol. The number of hydrogen-bond acceptors (Lipinski definition) is 8. The molecule has 0 saturated heterocycles. The third-order valence-electron chi connectivity index (χ3n) is 8.76.